The van der Waals surface area contributed by atoms with Crippen LogP contribution in [0, 0.1) is 4.91 Å². The van der Waals surface area contributed by atoms with Gasteiger partial charge in [0.15, 0.2) is 0 Å². The predicted octanol–water partition coefficient (Wildman–Crippen LogP) is 1.48. The molecule has 0 N–H and O–H groups in total. The lowest BCUT2D eigenvalue weighted by Gasteiger charge is -2.13. The minimum Gasteiger partial charge on any atom is -0.307 e. The molecule has 3 nitrogen and oxygen atoms in total. The molecule has 0 spiro atoms. The summed E-state index contributed by atoms with van der Waals surface area (Å²) in [6.45, 7) is 5.94. The van der Waals surface area contributed by atoms with Crippen LogP contribution < -0.4 is 0 Å². The number of nitrogens with zero attached hydrogens (tertiary/aromatic N) is 2. The SMILES string of the molecule is CCN(C)CCC(C)N=O. The molecule has 0 saturated carbocycles. The number of hydrogen-bond acceptors (Lipinski definition) is 3. The van der Waals surface area contributed by atoms with Crippen molar-refractivity contribution < 1.29 is 0 Å². The van der Waals surface area contributed by atoms with Gasteiger partial charge in [-0.25, -0.2) is 0 Å². The zero-order valence-corrected chi connectivity index (χ0v) is 7.00. The van der Waals surface area contributed by atoms with Crippen molar-refractivity contribution in [3.63, 3.8) is 0 Å². The van der Waals surface area contributed by atoms with E-state index in [4.69, 9.17) is 0 Å². The summed E-state index contributed by atoms with van der Waals surface area (Å²) < 4.78 is 0. The average molecular weight is 144 g/mol. The lowest BCUT2D eigenvalue weighted by atomic mass is 10.2. The standard InChI is InChI=1S/C7H16N2O/c1-4-9(3)6-5-7(2)8-10/h7H,4-6H2,1-3H3. The lowest BCUT2D eigenvalue weighted by Crippen LogP contribution is -2.21. The van der Waals surface area contributed by atoms with Gasteiger partial charge < -0.3 is 4.90 Å². The minimum atomic E-state index is -0.0333. The summed E-state index contributed by atoms with van der Waals surface area (Å²) in [6, 6.07) is -0.0333. The molecule has 0 bridgehead atoms. The number of nitroso groups, excluding NO2 is 1. The molecule has 0 saturated heterocycles. The molecule has 0 aliphatic rings. The Morgan fingerprint density at radius 1 is 1.60 bits per heavy atom. The van der Waals surface area contributed by atoms with Gasteiger partial charge >= 0.3 is 0 Å². The van der Waals surface area contributed by atoms with Crippen LogP contribution in [0.1, 0.15) is 20.3 Å². The van der Waals surface area contributed by atoms with Gasteiger partial charge in [0, 0.05) is 0 Å². The molecule has 0 aromatic heterocycles. The first kappa shape index (κ1) is 9.56. The van der Waals surface area contributed by atoms with Crippen LogP contribution in [0.2, 0.25) is 0 Å². The van der Waals surface area contributed by atoms with Gasteiger partial charge in [0.05, 0.1) is 6.04 Å². The fraction of sp³-hybridized carbons (Fsp3) is 1.00. The van der Waals surface area contributed by atoms with Crippen LogP contribution in [0.25, 0.3) is 0 Å². The van der Waals surface area contributed by atoms with E-state index in [1.54, 1.807) is 0 Å². The second-order valence-electron chi connectivity index (χ2n) is 2.64. The van der Waals surface area contributed by atoms with Crippen molar-refractivity contribution in [3.8, 4) is 0 Å². The fourth-order valence-electron chi connectivity index (χ4n) is 0.618. The van der Waals surface area contributed by atoms with E-state index in [-0.39, 0.29) is 6.04 Å². The normalized spacial score (nSPS) is 13.6. The summed E-state index contributed by atoms with van der Waals surface area (Å²) in [5, 5.41) is 2.92. The summed E-state index contributed by atoms with van der Waals surface area (Å²) in [4.78, 5) is 12.1. The van der Waals surface area contributed by atoms with Gasteiger partial charge in [0.25, 0.3) is 0 Å². The van der Waals surface area contributed by atoms with E-state index in [2.05, 4.69) is 17.0 Å². The van der Waals surface area contributed by atoms with Crippen molar-refractivity contribution in [2.75, 3.05) is 20.1 Å². The first-order valence-electron chi connectivity index (χ1n) is 3.71. The molecule has 0 aromatic carbocycles. The van der Waals surface area contributed by atoms with Gasteiger partial charge in [-0.05, 0) is 33.5 Å². The molecule has 0 fully saturated rings. The molecule has 0 radical (unpaired) electrons. The van der Waals surface area contributed by atoms with Crippen molar-refractivity contribution in [3.05, 3.63) is 4.91 Å². The molecule has 0 heterocycles. The van der Waals surface area contributed by atoms with Crippen LogP contribution in [0.15, 0.2) is 5.18 Å². The van der Waals surface area contributed by atoms with E-state index in [0.29, 0.717) is 0 Å². The molecule has 60 valence electrons. The number of rotatable bonds is 5. The summed E-state index contributed by atoms with van der Waals surface area (Å²) in [6.07, 6.45) is 0.869. The monoisotopic (exact) mass is 144 g/mol. The molecule has 1 unspecified atom stereocenters. The van der Waals surface area contributed by atoms with Gasteiger partial charge in [0.1, 0.15) is 0 Å². The Hall–Kier alpha value is -0.440. The van der Waals surface area contributed by atoms with E-state index in [1.165, 1.54) is 0 Å². The van der Waals surface area contributed by atoms with E-state index in [1.807, 2.05) is 14.0 Å². The number of hydrogen-bond donors (Lipinski definition) is 0. The maximum absolute atomic E-state index is 9.94. The Bertz CT molecular complexity index is 95.6. The molecule has 0 amide bonds. The molecule has 0 aromatic rings. The molecule has 3 heteroatoms. The van der Waals surface area contributed by atoms with E-state index >= 15 is 0 Å². The summed E-state index contributed by atoms with van der Waals surface area (Å²) in [5.74, 6) is 0. The van der Waals surface area contributed by atoms with Crippen molar-refractivity contribution in [2.45, 2.75) is 26.3 Å². The largest absolute Gasteiger partial charge is 0.307 e. The van der Waals surface area contributed by atoms with Gasteiger partial charge in [0.2, 0.25) is 0 Å². The molecule has 0 aliphatic carbocycles. The Morgan fingerprint density at radius 3 is 2.60 bits per heavy atom. The maximum Gasteiger partial charge on any atom is 0.0903 e. The van der Waals surface area contributed by atoms with Gasteiger partial charge in [-0.2, -0.15) is 4.91 Å². The fourth-order valence-corrected chi connectivity index (χ4v) is 0.618. The van der Waals surface area contributed by atoms with Crippen molar-refractivity contribution in [1.82, 2.24) is 4.90 Å². The summed E-state index contributed by atoms with van der Waals surface area (Å²) >= 11 is 0. The van der Waals surface area contributed by atoms with Crippen LogP contribution in [0.3, 0.4) is 0 Å². The van der Waals surface area contributed by atoms with Crippen LogP contribution in [-0.4, -0.2) is 31.1 Å². The third-order valence-corrected chi connectivity index (χ3v) is 1.65. The van der Waals surface area contributed by atoms with Gasteiger partial charge in [-0.1, -0.05) is 12.1 Å². The first-order chi connectivity index (χ1) is 4.70. The van der Waals surface area contributed by atoms with Crippen LogP contribution in [-0.2, 0) is 0 Å². The summed E-state index contributed by atoms with van der Waals surface area (Å²) in [5.41, 5.74) is 0. The highest BCUT2D eigenvalue weighted by atomic mass is 16.3. The average Bonchev–Trinajstić information content (AvgIpc) is 1.99. The lowest BCUT2D eigenvalue weighted by molar-refractivity contribution is 0.337. The molecular weight excluding hydrogens is 128 g/mol. The Kier molecular flexibility index (Phi) is 5.12. The second kappa shape index (κ2) is 5.35. The van der Waals surface area contributed by atoms with Crippen LogP contribution in [0.5, 0.6) is 0 Å². The Labute approximate surface area is 62.4 Å². The van der Waals surface area contributed by atoms with Gasteiger partial charge in [-0.15, -0.1) is 0 Å². The third kappa shape index (κ3) is 4.44. The molecule has 0 aliphatic heterocycles. The Balaban J connectivity index is 3.25. The van der Waals surface area contributed by atoms with Gasteiger partial charge in [-0.3, -0.25) is 0 Å². The summed E-state index contributed by atoms with van der Waals surface area (Å²) in [7, 11) is 2.04. The predicted molar refractivity (Wildman–Crippen MR) is 43.0 cm³/mol. The minimum absolute atomic E-state index is 0.0333. The van der Waals surface area contributed by atoms with E-state index in [0.717, 1.165) is 19.5 Å². The van der Waals surface area contributed by atoms with Crippen molar-refractivity contribution in [1.29, 1.82) is 0 Å². The highest BCUT2D eigenvalue weighted by Gasteiger charge is 2.01. The molecule has 10 heavy (non-hydrogen) atoms. The second-order valence-corrected chi connectivity index (χ2v) is 2.64. The van der Waals surface area contributed by atoms with Crippen molar-refractivity contribution >= 4 is 0 Å². The first-order valence-corrected chi connectivity index (χ1v) is 3.71. The smallest absolute Gasteiger partial charge is 0.0903 e. The topological polar surface area (TPSA) is 32.7 Å². The van der Waals surface area contributed by atoms with Crippen LogP contribution in [0.4, 0.5) is 0 Å². The third-order valence-electron chi connectivity index (χ3n) is 1.65. The van der Waals surface area contributed by atoms with E-state index < -0.39 is 0 Å². The maximum atomic E-state index is 9.94. The molecular formula is C7H16N2O. The molecule has 1 atom stereocenters. The zero-order chi connectivity index (χ0) is 7.98. The van der Waals surface area contributed by atoms with Crippen LogP contribution >= 0.6 is 0 Å². The zero-order valence-electron chi connectivity index (χ0n) is 7.00. The van der Waals surface area contributed by atoms with E-state index in [9.17, 15) is 4.91 Å². The van der Waals surface area contributed by atoms with Crippen molar-refractivity contribution in [2.24, 2.45) is 5.18 Å². The molecule has 0 rings (SSSR count). The quantitative estimate of drug-likeness (QED) is 0.547. The highest BCUT2D eigenvalue weighted by Crippen LogP contribution is 1.96. The Morgan fingerprint density at radius 2 is 2.20 bits per heavy atom. The highest BCUT2D eigenvalue weighted by molar-refractivity contribution is 4.60.